The molecule has 0 aliphatic carbocycles. The number of hydrogen-bond acceptors (Lipinski definition) is 7. The molecule has 10 nitrogen and oxygen atoms in total. The normalized spacial score (nSPS) is 10.4. The summed E-state index contributed by atoms with van der Waals surface area (Å²) in [6.45, 7) is 2.26. The van der Waals surface area contributed by atoms with Crippen LogP contribution in [0.25, 0.3) is 0 Å². The standard InChI is InChI=1S/C15H19N5O3S.C2HF3O2/c1-10(21)18-15-19-12(9-24-15)8-23-13-4-2-11(3-5-13)6-7-17-14(22)20-16;3-2(4,5)1(6)7/h2-5,9H,6-8,16H2,1H3,(H2,17,20,22)(H,18,19,21);(H,6,7). The second kappa shape index (κ2) is 12.3. The number of nitrogens with zero attached hydrogens (tertiary/aromatic N) is 1. The number of nitrogens with one attached hydrogen (secondary N) is 3. The Labute approximate surface area is 178 Å². The zero-order valence-corrected chi connectivity index (χ0v) is 17.0. The van der Waals surface area contributed by atoms with Crippen molar-refractivity contribution in [1.29, 1.82) is 0 Å². The van der Waals surface area contributed by atoms with Crippen molar-refractivity contribution in [3.63, 3.8) is 0 Å². The number of anilines is 1. The smallest absolute Gasteiger partial charge is 0.487 e. The first-order valence-corrected chi connectivity index (χ1v) is 9.37. The molecular weight excluding hydrogens is 443 g/mol. The van der Waals surface area contributed by atoms with Crippen LogP contribution in [0.15, 0.2) is 29.6 Å². The molecule has 0 bridgehead atoms. The second-order valence-electron chi connectivity index (χ2n) is 5.71. The van der Waals surface area contributed by atoms with Crippen molar-refractivity contribution in [3.8, 4) is 5.75 Å². The number of rotatable bonds is 7. The molecule has 1 aromatic carbocycles. The minimum Gasteiger partial charge on any atom is -0.487 e. The number of alkyl halides is 3. The fourth-order valence-electron chi connectivity index (χ4n) is 1.86. The van der Waals surface area contributed by atoms with Gasteiger partial charge < -0.3 is 20.5 Å². The van der Waals surface area contributed by atoms with Crippen LogP contribution in [0, 0.1) is 0 Å². The summed E-state index contributed by atoms with van der Waals surface area (Å²) in [6.07, 6.45) is -4.39. The summed E-state index contributed by atoms with van der Waals surface area (Å²) < 4.78 is 37.4. The van der Waals surface area contributed by atoms with E-state index in [0.29, 0.717) is 24.7 Å². The molecule has 0 saturated carbocycles. The van der Waals surface area contributed by atoms with E-state index in [1.54, 1.807) is 0 Å². The monoisotopic (exact) mass is 463 g/mol. The van der Waals surface area contributed by atoms with Crippen LogP contribution in [0.4, 0.5) is 23.1 Å². The molecule has 1 heterocycles. The molecule has 31 heavy (non-hydrogen) atoms. The first-order valence-electron chi connectivity index (χ1n) is 8.49. The van der Waals surface area contributed by atoms with Gasteiger partial charge in [-0.2, -0.15) is 13.2 Å². The third kappa shape index (κ3) is 10.8. The molecule has 0 aliphatic rings. The third-order valence-electron chi connectivity index (χ3n) is 3.22. The number of urea groups is 1. The van der Waals surface area contributed by atoms with E-state index in [1.807, 2.05) is 35.1 Å². The first-order chi connectivity index (χ1) is 14.5. The largest absolute Gasteiger partial charge is 0.490 e. The highest BCUT2D eigenvalue weighted by atomic mass is 32.1. The number of carbonyl (C=O) groups is 3. The number of carboxylic acids is 1. The van der Waals surface area contributed by atoms with E-state index in [0.717, 1.165) is 17.0 Å². The van der Waals surface area contributed by atoms with Crippen molar-refractivity contribution in [3.05, 3.63) is 40.9 Å². The topological polar surface area (TPSA) is 156 Å². The molecule has 0 radical (unpaired) electrons. The van der Waals surface area contributed by atoms with Crippen molar-refractivity contribution >= 4 is 34.4 Å². The highest BCUT2D eigenvalue weighted by molar-refractivity contribution is 7.13. The van der Waals surface area contributed by atoms with E-state index in [1.165, 1.54) is 18.3 Å². The SMILES string of the molecule is CC(=O)Nc1nc(COc2ccc(CCNC(=O)NN)cc2)cs1.O=C(O)C(F)(F)F. The number of halogens is 3. The maximum absolute atomic E-state index is 11.0. The van der Waals surface area contributed by atoms with Crippen molar-refractivity contribution in [2.24, 2.45) is 5.84 Å². The summed E-state index contributed by atoms with van der Waals surface area (Å²) in [4.78, 5) is 35.0. The average Bonchev–Trinajstić information content (AvgIpc) is 3.13. The minimum atomic E-state index is -5.08. The molecular formula is C17H20F3N5O5S. The van der Waals surface area contributed by atoms with Crippen molar-refractivity contribution in [1.82, 2.24) is 15.7 Å². The van der Waals surface area contributed by atoms with Crippen LogP contribution < -0.4 is 26.6 Å². The number of ether oxygens (including phenoxy) is 1. The van der Waals surface area contributed by atoms with Gasteiger partial charge in [0.15, 0.2) is 5.13 Å². The molecule has 1 aromatic heterocycles. The van der Waals surface area contributed by atoms with Crippen LogP contribution in [0.1, 0.15) is 18.2 Å². The zero-order chi connectivity index (χ0) is 23.4. The molecule has 0 saturated heterocycles. The lowest BCUT2D eigenvalue weighted by Gasteiger charge is -2.07. The molecule has 0 unspecified atom stereocenters. The fraction of sp³-hybridized carbons (Fsp3) is 0.294. The van der Waals surface area contributed by atoms with E-state index in [2.05, 4.69) is 15.6 Å². The van der Waals surface area contributed by atoms with Gasteiger partial charge in [0.1, 0.15) is 12.4 Å². The van der Waals surface area contributed by atoms with Crippen molar-refractivity contribution in [2.75, 3.05) is 11.9 Å². The number of carbonyl (C=O) groups excluding carboxylic acids is 2. The lowest BCUT2D eigenvalue weighted by Crippen LogP contribution is -2.40. The Hall–Kier alpha value is -3.39. The van der Waals surface area contributed by atoms with Gasteiger partial charge in [0, 0.05) is 18.8 Å². The predicted octanol–water partition coefficient (Wildman–Crippen LogP) is 2.03. The lowest BCUT2D eigenvalue weighted by atomic mass is 10.1. The summed E-state index contributed by atoms with van der Waals surface area (Å²) >= 11 is 1.36. The molecule has 14 heteroatoms. The lowest BCUT2D eigenvalue weighted by molar-refractivity contribution is -0.192. The van der Waals surface area contributed by atoms with Gasteiger partial charge in [0.25, 0.3) is 0 Å². The number of hydrogen-bond donors (Lipinski definition) is 5. The maximum Gasteiger partial charge on any atom is 0.490 e. The number of benzene rings is 1. The van der Waals surface area contributed by atoms with Crippen LogP contribution in [0.2, 0.25) is 0 Å². The summed E-state index contributed by atoms with van der Waals surface area (Å²) in [6, 6.07) is 7.18. The molecule has 2 rings (SSSR count). The highest BCUT2D eigenvalue weighted by Gasteiger charge is 2.38. The summed E-state index contributed by atoms with van der Waals surface area (Å²) in [5, 5.41) is 14.8. The molecule has 0 atom stereocenters. The van der Waals surface area contributed by atoms with Crippen LogP contribution >= 0.6 is 11.3 Å². The van der Waals surface area contributed by atoms with Crippen LogP contribution in [0.5, 0.6) is 5.75 Å². The van der Waals surface area contributed by atoms with Gasteiger partial charge in [-0.25, -0.2) is 20.4 Å². The van der Waals surface area contributed by atoms with Gasteiger partial charge in [-0.15, -0.1) is 11.3 Å². The Kier molecular flexibility index (Phi) is 10.2. The van der Waals surface area contributed by atoms with Crippen LogP contribution in [-0.4, -0.2) is 40.7 Å². The van der Waals surface area contributed by atoms with Gasteiger partial charge >= 0.3 is 18.2 Å². The molecule has 170 valence electrons. The van der Waals surface area contributed by atoms with E-state index >= 15 is 0 Å². The van der Waals surface area contributed by atoms with Crippen LogP contribution in [-0.2, 0) is 22.6 Å². The molecule has 0 aliphatic heterocycles. The quantitative estimate of drug-likeness (QED) is 0.239. The molecule has 0 spiro atoms. The van der Waals surface area contributed by atoms with Gasteiger partial charge in [0.05, 0.1) is 5.69 Å². The minimum absolute atomic E-state index is 0.147. The predicted molar refractivity (Wildman–Crippen MR) is 105 cm³/mol. The van der Waals surface area contributed by atoms with Gasteiger partial charge in [-0.3, -0.25) is 10.2 Å². The van der Waals surface area contributed by atoms with Crippen molar-refractivity contribution < 1.29 is 37.4 Å². The highest BCUT2D eigenvalue weighted by Crippen LogP contribution is 2.18. The molecule has 2 aromatic rings. The first kappa shape index (κ1) is 25.6. The van der Waals surface area contributed by atoms with E-state index < -0.39 is 18.2 Å². The van der Waals surface area contributed by atoms with Gasteiger partial charge in [0.2, 0.25) is 5.91 Å². The zero-order valence-electron chi connectivity index (χ0n) is 16.2. The number of amides is 3. The van der Waals surface area contributed by atoms with Crippen molar-refractivity contribution in [2.45, 2.75) is 26.1 Å². The maximum atomic E-state index is 11.0. The number of hydrazine groups is 1. The summed E-state index contributed by atoms with van der Waals surface area (Å²) in [5.41, 5.74) is 3.83. The summed E-state index contributed by atoms with van der Waals surface area (Å²) in [5.74, 6) is 2.79. The number of aliphatic carboxylic acids is 1. The second-order valence-corrected chi connectivity index (χ2v) is 6.57. The van der Waals surface area contributed by atoms with E-state index in [-0.39, 0.29) is 5.91 Å². The number of nitrogens with two attached hydrogens (primary N) is 1. The van der Waals surface area contributed by atoms with E-state index in [9.17, 15) is 22.8 Å². The number of thiazole rings is 1. The molecule has 3 amide bonds. The fourth-order valence-corrected chi connectivity index (χ4v) is 2.60. The van der Waals surface area contributed by atoms with Gasteiger partial charge in [-0.05, 0) is 24.1 Å². The Morgan fingerprint density at radius 2 is 1.84 bits per heavy atom. The summed E-state index contributed by atoms with van der Waals surface area (Å²) in [7, 11) is 0. The number of carboxylic acid groups (broad SMARTS) is 1. The van der Waals surface area contributed by atoms with Gasteiger partial charge in [-0.1, -0.05) is 12.1 Å². The Morgan fingerprint density at radius 3 is 2.35 bits per heavy atom. The van der Waals surface area contributed by atoms with E-state index in [4.69, 9.17) is 20.5 Å². The molecule has 0 fully saturated rings. The van der Waals surface area contributed by atoms with Crippen LogP contribution in [0.3, 0.4) is 0 Å². The Bertz CT molecular complexity index is 874. The average molecular weight is 463 g/mol. The Balaban J connectivity index is 0.000000592. The Morgan fingerprint density at radius 1 is 1.23 bits per heavy atom. The number of aromatic nitrogens is 1. The molecule has 6 N–H and O–H groups in total. The third-order valence-corrected chi connectivity index (χ3v) is 4.02.